The normalized spacial score (nSPS) is 13.9. The molecule has 0 fully saturated rings. The van der Waals surface area contributed by atoms with Crippen LogP contribution < -0.4 is 0 Å². The van der Waals surface area contributed by atoms with Crippen LogP contribution >= 0.6 is 0 Å². The molecule has 0 aromatic carbocycles. The maximum atomic E-state index is 8.81. The van der Waals surface area contributed by atoms with Crippen molar-refractivity contribution in [2.24, 2.45) is 0 Å². The van der Waals surface area contributed by atoms with Crippen LogP contribution in [0.5, 0.6) is 0 Å². The average molecular weight is 234 g/mol. The largest absolute Gasteiger partial charge is 0.494 e. The highest BCUT2D eigenvalue weighted by atomic mass is 17.2. The second-order valence-corrected chi connectivity index (χ2v) is 2.78. The first-order chi connectivity index (χ1) is 7.78. The third kappa shape index (κ3) is 7.24. The van der Waals surface area contributed by atoms with Crippen LogP contribution in [0.1, 0.15) is 0 Å². The van der Waals surface area contributed by atoms with Gasteiger partial charge in [-0.1, -0.05) is 13.2 Å². The number of aliphatic hydroxyl groups excluding tert-OH is 2. The predicted octanol–water partition coefficient (Wildman–Crippen LogP) is -0.0234. The van der Waals surface area contributed by atoms with Gasteiger partial charge >= 0.3 is 0 Å². The first kappa shape index (κ1) is 14.9. The Balaban J connectivity index is 3.55. The van der Waals surface area contributed by atoms with E-state index in [1.807, 2.05) is 0 Å². The van der Waals surface area contributed by atoms with Crippen molar-refractivity contribution < 1.29 is 29.5 Å². The molecule has 0 saturated heterocycles. The summed E-state index contributed by atoms with van der Waals surface area (Å²) in [5.74, 6) is 0. The molecule has 0 saturated carbocycles. The summed E-state index contributed by atoms with van der Waals surface area (Å²) in [6.45, 7) is 6.39. The summed E-state index contributed by atoms with van der Waals surface area (Å²) in [7, 11) is 0. The zero-order valence-corrected chi connectivity index (χ0v) is 9.08. The summed E-state index contributed by atoms with van der Waals surface area (Å²) in [5, 5.41) is 17.6. The molecule has 0 bridgehead atoms. The van der Waals surface area contributed by atoms with E-state index < -0.39 is 12.2 Å². The lowest BCUT2D eigenvalue weighted by molar-refractivity contribution is -0.317. The molecule has 0 aliphatic carbocycles. The molecule has 0 aliphatic rings. The monoisotopic (exact) mass is 234 g/mol. The summed E-state index contributed by atoms with van der Waals surface area (Å²) >= 11 is 0. The second kappa shape index (κ2) is 10.4. The minimum atomic E-state index is -0.523. The van der Waals surface area contributed by atoms with Gasteiger partial charge in [-0.3, -0.25) is 0 Å². The van der Waals surface area contributed by atoms with Gasteiger partial charge in [0.2, 0.25) is 0 Å². The number of ether oxygens (including phenoxy) is 2. The number of hydrogen-bond donors (Lipinski definition) is 2. The summed E-state index contributed by atoms with van der Waals surface area (Å²) in [6, 6.07) is 0. The smallest absolute Gasteiger partial charge is 0.147 e. The average Bonchev–Trinajstić information content (AvgIpc) is 2.31. The van der Waals surface area contributed by atoms with E-state index in [-0.39, 0.29) is 26.4 Å². The van der Waals surface area contributed by atoms with Crippen molar-refractivity contribution in [3.63, 3.8) is 0 Å². The van der Waals surface area contributed by atoms with E-state index in [1.165, 1.54) is 12.5 Å². The molecule has 16 heavy (non-hydrogen) atoms. The van der Waals surface area contributed by atoms with Crippen LogP contribution in [0, 0.1) is 0 Å². The highest BCUT2D eigenvalue weighted by molar-refractivity contribution is 4.60. The standard InChI is InChI=1S/C10H18O6/c1-3-13-9(5-11)7-15-16-8-10(6-12)14-4-2/h3-4,9-12H,1-2,5-8H2. The topological polar surface area (TPSA) is 77.4 Å². The molecule has 2 unspecified atom stereocenters. The fraction of sp³-hybridized carbons (Fsp3) is 0.600. The van der Waals surface area contributed by atoms with Crippen molar-refractivity contribution in [1.29, 1.82) is 0 Å². The van der Waals surface area contributed by atoms with Crippen molar-refractivity contribution in [2.75, 3.05) is 26.4 Å². The molecule has 6 heteroatoms. The fourth-order valence-corrected chi connectivity index (χ4v) is 0.790. The Kier molecular flexibility index (Phi) is 9.73. The predicted molar refractivity (Wildman–Crippen MR) is 56.2 cm³/mol. The van der Waals surface area contributed by atoms with Gasteiger partial charge in [0.1, 0.15) is 25.4 Å². The molecule has 2 N–H and O–H groups in total. The Morgan fingerprint density at radius 1 is 0.875 bits per heavy atom. The number of hydrogen-bond acceptors (Lipinski definition) is 6. The van der Waals surface area contributed by atoms with Crippen LogP contribution in [0.2, 0.25) is 0 Å². The minimum absolute atomic E-state index is 0.0504. The summed E-state index contributed by atoms with van der Waals surface area (Å²) < 4.78 is 9.77. The molecule has 2 atom stereocenters. The third-order valence-corrected chi connectivity index (χ3v) is 1.58. The van der Waals surface area contributed by atoms with Gasteiger partial charge < -0.3 is 19.7 Å². The molecule has 0 aromatic heterocycles. The van der Waals surface area contributed by atoms with Gasteiger partial charge in [-0.25, -0.2) is 9.78 Å². The lowest BCUT2D eigenvalue weighted by Gasteiger charge is -2.15. The van der Waals surface area contributed by atoms with Crippen molar-refractivity contribution in [2.45, 2.75) is 12.2 Å². The molecular formula is C10H18O6. The molecule has 6 nitrogen and oxygen atoms in total. The fourth-order valence-electron chi connectivity index (χ4n) is 0.790. The summed E-state index contributed by atoms with van der Waals surface area (Å²) in [6.07, 6.45) is 1.37. The molecule has 0 aliphatic heterocycles. The molecule has 0 amide bonds. The summed E-state index contributed by atoms with van der Waals surface area (Å²) in [4.78, 5) is 9.52. The Labute approximate surface area is 94.6 Å². The third-order valence-electron chi connectivity index (χ3n) is 1.58. The minimum Gasteiger partial charge on any atom is -0.494 e. The first-order valence-electron chi connectivity index (χ1n) is 4.77. The van der Waals surface area contributed by atoms with Gasteiger partial charge in [0, 0.05) is 0 Å². The Morgan fingerprint density at radius 3 is 1.50 bits per heavy atom. The lowest BCUT2D eigenvalue weighted by Crippen LogP contribution is -2.25. The van der Waals surface area contributed by atoms with Crippen LogP contribution in [0.3, 0.4) is 0 Å². The van der Waals surface area contributed by atoms with Crippen LogP contribution in [-0.2, 0) is 19.2 Å². The molecule has 0 heterocycles. The SMILES string of the molecule is C=COC(CO)COOCC(CO)OC=C. The maximum absolute atomic E-state index is 8.81. The van der Waals surface area contributed by atoms with E-state index in [1.54, 1.807) is 0 Å². The Morgan fingerprint density at radius 2 is 1.25 bits per heavy atom. The van der Waals surface area contributed by atoms with E-state index in [0.29, 0.717) is 0 Å². The van der Waals surface area contributed by atoms with Gasteiger partial charge in [0.25, 0.3) is 0 Å². The van der Waals surface area contributed by atoms with Crippen molar-refractivity contribution >= 4 is 0 Å². The summed E-state index contributed by atoms with van der Waals surface area (Å²) in [5.41, 5.74) is 0. The van der Waals surface area contributed by atoms with E-state index in [2.05, 4.69) is 13.2 Å². The van der Waals surface area contributed by atoms with E-state index in [9.17, 15) is 0 Å². The highest BCUT2D eigenvalue weighted by Gasteiger charge is 2.10. The highest BCUT2D eigenvalue weighted by Crippen LogP contribution is 1.97. The number of rotatable bonds is 11. The van der Waals surface area contributed by atoms with Crippen molar-refractivity contribution in [3.05, 3.63) is 25.7 Å². The second-order valence-electron chi connectivity index (χ2n) is 2.78. The van der Waals surface area contributed by atoms with Gasteiger partial charge in [-0.15, -0.1) is 0 Å². The quantitative estimate of drug-likeness (QED) is 0.226. The van der Waals surface area contributed by atoms with Gasteiger partial charge in [-0.05, 0) is 0 Å². The van der Waals surface area contributed by atoms with Crippen LogP contribution in [-0.4, -0.2) is 48.8 Å². The number of aliphatic hydroxyl groups is 2. The van der Waals surface area contributed by atoms with Crippen molar-refractivity contribution in [3.8, 4) is 0 Å². The maximum Gasteiger partial charge on any atom is 0.147 e. The lowest BCUT2D eigenvalue weighted by atomic mass is 10.4. The zero-order valence-electron chi connectivity index (χ0n) is 9.08. The Bertz CT molecular complexity index is 164. The van der Waals surface area contributed by atoms with Crippen LogP contribution in [0.15, 0.2) is 25.7 Å². The van der Waals surface area contributed by atoms with Gasteiger partial charge in [-0.2, -0.15) is 0 Å². The Hall–Kier alpha value is -1.08. The van der Waals surface area contributed by atoms with Crippen LogP contribution in [0.25, 0.3) is 0 Å². The molecular weight excluding hydrogens is 216 g/mol. The van der Waals surface area contributed by atoms with E-state index in [4.69, 9.17) is 29.5 Å². The van der Waals surface area contributed by atoms with E-state index >= 15 is 0 Å². The molecule has 0 spiro atoms. The van der Waals surface area contributed by atoms with E-state index in [0.717, 1.165) is 0 Å². The zero-order chi connectivity index (χ0) is 12.2. The first-order valence-corrected chi connectivity index (χ1v) is 4.77. The molecule has 0 aromatic rings. The molecule has 94 valence electrons. The van der Waals surface area contributed by atoms with Crippen molar-refractivity contribution in [1.82, 2.24) is 0 Å². The molecule has 0 rings (SSSR count). The van der Waals surface area contributed by atoms with Crippen LogP contribution in [0.4, 0.5) is 0 Å². The van der Waals surface area contributed by atoms with Gasteiger partial charge in [0.15, 0.2) is 0 Å². The van der Waals surface area contributed by atoms with Gasteiger partial charge in [0.05, 0.1) is 25.7 Å². The molecule has 0 radical (unpaired) electrons.